The van der Waals surface area contributed by atoms with Crippen molar-refractivity contribution in [3.8, 4) is 11.5 Å². The highest BCUT2D eigenvalue weighted by Crippen LogP contribution is 2.31. The summed E-state index contributed by atoms with van der Waals surface area (Å²) in [6, 6.07) is 16.5. The first-order valence-electron chi connectivity index (χ1n) is 8.42. The second-order valence-corrected chi connectivity index (χ2v) is 5.94. The van der Waals surface area contributed by atoms with Gasteiger partial charge in [-0.1, -0.05) is 17.7 Å². The molecule has 2 N–H and O–H groups in total. The van der Waals surface area contributed by atoms with Crippen LogP contribution in [0.25, 0.3) is 0 Å². The van der Waals surface area contributed by atoms with E-state index >= 15 is 0 Å². The second-order valence-electron chi connectivity index (χ2n) is 5.94. The fourth-order valence-electron chi connectivity index (χ4n) is 2.49. The number of nitrogens with one attached hydrogen (secondary N) is 2. The zero-order valence-electron chi connectivity index (χ0n) is 15.4. The summed E-state index contributed by atoms with van der Waals surface area (Å²) in [6.45, 7) is 2.00. The molecule has 1 amide bonds. The van der Waals surface area contributed by atoms with E-state index in [9.17, 15) is 4.79 Å². The highest BCUT2D eigenvalue weighted by Gasteiger charge is 2.09. The van der Waals surface area contributed by atoms with Crippen LogP contribution in [0.5, 0.6) is 11.5 Å². The van der Waals surface area contributed by atoms with E-state index in [0.29, 0.717) is 17.2 Å². The molecule has 138 valence electrons. The van der Waals surface area contributed by atoms with Crippen molar-refractivity contribution in [3.05, 3.63) is 72.1 Å². The van der Waals surface area contributed by atoms with E-state index in [1.54, 1.807) is 38.6 Å². The number of amides is 1. The summed E-state index contributed by atoms with van der Waals surface area (Å²) in [5.41, 5.74) is 3.72. The Morgan fingerprint density at radius 1 is 0.926 bits per heavy atom. The first kappa shape index (κ1) is 18.3. The average molecular weight is 363 g/mol. The molecule has 2 aromatic carbocycles. The molecule has 0 atom stereocenters. The fraction of sp³-hybridized carbons (Fsp3) is 0.143. The molecule has 0 aliphatic carbocycles. The van der Waals surface area contributed by atoms with E-state index in [0.717, 1.165) is 22.6 Å². The Morgan fingerprint density at radius 3 is 2.30 bits per heavy atom. The summed E-state index contributed by atoms with van der Waals surface area (Å²) < 4.78 is 10.6. The number of anilines is 3. The molecule has 0 spiro atoms. The summed E-state index contributed by atoms with van der Waals surface area (Å²) in [5.74, 6) is 1.10. The minimum Gasteiger partial charge on any atom is -0.497 e. The number of hydrogen-bond acceptors (Lipinski definition) is 5. The Hall–Kier alpha value is -3.54. The molecule has 0 aliphatic heterocycles. The van der Waals surface area contributed by atoms with E-state index in [2.05, 4.69) is 15.6 Å². The van der Waals surface area contributed by atoms with Gasteiger partial charge in [-0.2, -0.15) is 0 Å². The Labute approximate surface area is 158 Å². The molecular weight excluding hydrogens is 342 g/mol. The summed E-state index contributed by atoms with van der Waals surface area (Å²) in [6.07, 6.45) is 1.60. The van der Waals surface area contributed by atoms with Crippen molar-refractivity contribution in [1.29, 1.82) is 0 Å². The Bertz CT molecular complexity index is 922. The molecule has 0 aliphatic rings. The minimum absolute atomic E-state index is 0.257. The van der Waals surface area contributed by atoms with Gasteiger partial charge in [0.05, 0.1) is 31.8 Å². The van der Waals surface area contributed by atoms with Gasteiger partial charge in [-0.05, 0) is 43.3 Å². The Balaban J connectivity index is 1.70. The first-order chi connectivity index (χ1) is 13.1. The van der Waals surface area contributed by atoms with Crippen LogP contribution in [-0.2, 0) is 0 Å². The summed E-state index contributed by atoms with van der Waals surface area (Å²) in [7, 11) is 3.20. The standard InChI is InChI=1S/C21H21N3O3/c1-14-4-6-15(7-5-14)24-21(25)19-10-8-16(13-22-19)23-18-11-9-17(26-2)12-20(18)27-3/h4-13,23H,1-3H3,(H,24,25). The van der Waals surface area contributed by atoms with E-state index in [4.69, 9.17) is 9.47 Å². The molecule has 0 bridgehead atoms. The summed E-state index contributed by atoms with van der Waals surface area (Å²) in [4.78, 5) is 16.5. The van der Waals surface area contributed by atoms with Crippen LogP contribution in [-0.4, -0.2) is 25.1 Å². The monoisotopic (exact) mass is 363 g/mol. The van der Waals surface area contributed by atoms with Crippen LogP contribution < -0.4 is 20.1 Å². The van der Waals surface area contributed by atoms with Crippen molar-refractivity contribution in [2.75, 3.05) is 24.9 Å². The highest BCUT2D eigenvalue weighted by molar-refractivity contribution is 6.03. The third-order valence-electron chi connectivity index (χ3n) is 3.99. The maximum absolute atomic E-state index is 12.3. The number of methoxy groups -OCH3 is 2. The summed E-state index contributed by atoms with van der Waals surface area (Å²) in [5, 5.41) is 6.05. The number of carbonyl (C=O) groups is 1. The van der Waals surface area contributed by atoms with E-state index in [-0.39, 0.29) is 5.91 Å². The molecular formula is C21H21N3O3. The topological polar surface area (TPSA) is 72.5 Å². The molecule has 0 saturated heterocycles. The normalized spacial score (nSPS) is 10.2. The highest BCUT2D eigenvalue weighted by atomic mass is 16.5. The largest absolute Gasteiger partial charge is 0.497 e. The summed E-state index contributed by atoms with van der Waals surface area (Å²) >= 11 is 0. The molecule has 0 fully saturated rings. The average Bonchev–Trinajstić information content (AvgIpc) is 2.70. The smallest absolute Gasteiger partial charge is 0.274 e. The number of pyridine rings is 1. The number of rotatable bonds is 6. The minimum atomic E-state index is -0.257. The van der Waals surface area contributed by atoms with Crippen LogP contribution in [0.1, 0.15) is 16.1 Å². The SMILES string of the molecule is COc1ccc(Nc2ccc(C(=O)Nc3ccc(C)cc3)nc2)c(OC)c1. The van der Waals surface area contributed by atoms with Gasteiger partial charge in [-0.3, -0.25) is 4.79 Å². The molecule has 0 radical (unpaired) electrons. The number of ether oxygens (including phenoxy) is 2. The van der Waals surface area contributed by atoms with Gasteiger partial charge in [0.1, 0.15) is 17.2 Å². The van der Waals surface area contributed by atoms with Crippen molar-refractivity contribution in [2.24, 2.45) is 0 Å². The lowest BCUT2D eigenvalue weighted by Gasteiger charge is -2.12. The first-order valence-corrected chi connectivity index (χ1v) is 8.42. The van der Waals surface area contributed by atoms with Crippen molar-refractivity contribution in [2.45, 2.75) is 6.92 Å². The maximum atomic E-state index is 12.3. The van der Waals surface area contributed by atoms with Gasteiger partial charge in [0.2, 0.25) is 0 Å². The molecule has 0 saturated carbocycles. The molecule has 27 heavy (non-hydrogen) atoms. The number of carbonyl (C=O) groups excluding carboxylic acids is 1. The Morgan fingerprint density at radius 2 is 1.67 bits per heavy atom. The molecule has 1 heterocycles. The van der Waals surface area contributed by atoms with Crippen LogP contribution in [0, 0.1) is 6.92 Å². The van der Waals surface area contributed by atoms with E-state index in [1.165, 1.54) is 0 Å². The predicted octanol–water partition coefficient (Wildman–Crippen LogP) is 4.40. The lowest BCUT2D eigenvalue weighted by molar-refractivity contribution is 0.102. The zero-order valence-corrected chi connectivity index (χ0v) is 15.4. The molecule has 3 aromatic rings. The molecule has 6 heteroatoms. The number of aromatic nitrogens is 1. The fourth-order valence-corrected chi connectivity index (χ4v) is 2.49. The van der Waals surface area contributed by atoms with Crippen LogP contribution in [0.15, 0.2) is 60.8 Å². The van der Waals surface area contributed by atoms with Crippen molar-refractivity contribution < 1.29 is 14.3 Å². The van der Waals surface area contributed by atoms with Crippen molar-refractivity contribution >= 4 is 23.0 Å². The number of aryl methyl sites for hydroxylation is 1. The van der Waals surface area contributed by atoms with Gasteiger partial charge in [-0.15, -0.1) is 0 Å². The number of hydrogen-bond donors (Lipinski definition) is 2. The third kappa shape index (κ3) is 4.55. The zero-order chi connectivity index (χ0) is 19.2. The van der Waals surface area contributed by atoms with Gasteiger partial charge < -0.3 is 20.1 Å². The van der Waals surface area contributed by atoms with Crippen LogP contribution in [0.3, 0.4) is 0 Å². The van der Waals surface area contributed by atoms with Crippen molar-refractivity contribution in [1.82, 2.24) is 4.98 Å². The van der Waals surface area contributed by atoms with Gasteiger partial charge in [0.15, 0.2) is 0 Å². The second kappa shape index (κ2) is 8.23. The van der Waals surface area contributed by atoms with Crippen LogP contribution >= 0.6 is 0 Å². The Kier molecular flexibility index (Phi) is 5.56. The quantitative estimate of drug-likeness (QED) is 0.679. The van der Waals surface area contributed by atoms with Gasteiger partial charge >= 0.3 is 0 Å². The van der Waals surface area contributed by atoms with Gasteiger partial charge in [0, 0.05) is 11.8 Å². The van der Waals surface area contributed by atoms with Crippen LogP contribution in [0.4, 0.5) is 17.1 Å². The molecule has 0 unspecified atom stereocenters. The lowest BCUT2D eigenvalue weighted by atomic mass is 10.2. The predicted molar refractivity (Wildman–Crippen MR) is 106 cm³/mol. The maximum Gasteiger partial charge on any atom is 0.274 e. The number of nitrogens with zero attached hydrogens (tertiary/aromatic N) is 1. The number of benzene rings is 2. The third-order valence-corrected chi connectivity index (χ3v) is 3.99. The molecule has 3 rings (SSSR count). The molecule has 1 aromatic heterocycles. The lowest BCUT2D eigenvalue weighted by Crippen LogP contribution is -2.13. The van der Waals surface area contributed by atoms with Crippen molar-refractivity contribution in [3.63, 3.8) is 0 Å². The van der Waals surface area contributed by atoms with Crippen LogP contribution in [0.2, 0.25) is 0 Å². The van der Waals surface area contributed by atoms with Gasteiger partial charge in [-0.25, -0.2) is 4.98 Å². The van der Waals surface area contributed by atoms with E-state index in [1.807, 2.05) is 43.3 Å². The molecule has 6 nitrogen and oxygen atoms in total. The van der Waals surface area contributed by atoms with E-state index < -0.39 is 0 Å². The van der Waals surface area contributed by atoms with Gasteiger partial charge in [0.25, 0.3) is 5.91 Å².